The van der Waals surface area contributed by atoms with Gasteiger partial charge in [-0.15, -0.1) is 0 Å². The summed E-state index contributed by atoms with van der Waals surface area (Å²) >= 11 is 0. The molecule has 2 heterocycles. The first-order chi connectivity index (χ1) is 14.5. The summed E-state index contributed by atoms with van der Waals surface area (Å²) in [7, 11) is 0. The minimum Gasteiger partial charge on any atom is -0.483 e. The van der Waals surface area contributed by atoms with E-state index in [1.165, 1.54) is 0 Å². The van der Waals surface area contributed by atoms with Gasteiger partial charge in [-0.1, -0.05) is 39.0 Å². The van der Waals surface area contributed by atoms with Gasteiger partial charge in [0.1, 0.15) is 11.8 Å². The van der Waals surface area contributed by atoms with Crippen LogP contribution >= 0.6 is 0 Å². The van der Waals surface area contributed by atoms with Crippen molar-refractivity contribution in [1.82, 2.24) is 21.1 Å². The molecule has 1 aromatic rings. The first-order valence-corrected chi connectivity index (χ1v) is 11.3. The maximum Gasteiger partial charge on any atom is 0.260 e. The fourth-order valence-corrected chi connectivity index (χ4v) is 4.29. The Bertz CT molecular complexity index is 718. The van der Waals surface area contributed by atoms with E-state index in [9.17, 15) is 9.59 Å². The molecule has 2 saturated heterocycles. The van der Waals surface area contributed by atoms with Crippen LogP contribution in [0.3, 0.4) is 0 Å². The summed E-state index contributed by atoms with van der Waals surface area (Å²) in [5.41, 5.74) is 7.29. The van der Waals surface area contributed by atoms with E-state index in [4.69, 9.17) is 4.74 Å². The summed E-state index contributed by atoms with van der Waals surface area (Å²) in [5.74, 6) is 1.26. The van der Waals surface area contributed by atoms with E-state index in [-0.39, 0.29) is 30.5 Å². The molecule has 0 radical (unpaired) electrons. The van der Waals surface area contributed by atoms with Crippen LogP contribution in [0.15, 0.2) is 24.3 Å². The quantitative estimate of drug-likeness (QED) is 0.576. The SMILES string of the molecule is CCC(NC(=O)C1CC(CC(C)C)NN1)c1ccccc1OCC(=O)N1CCCC1. The van der Waals surface area contributed by atoms with Gasteiger partial charge < -0.3 is 15.0 Å². The molecule has 3 atom stereocenters. The second-order valence-corrected chi connectivity index (χ2v) is 8.79. The number of rotatable bonds is 9. The van der Waals surface area contributed by atoms with E-state index in [0.717, 1.165) is 50.8 Å². The standard InChI is InChI=1S/C23H36N4O3/c1-4-19(24-23(29)20-14-17(25-26-20)13-16(2)3)18-9-5-6-10-21(18)30-15-22(28)27-11-7-8-12-27/h5-6,9-10,16-17,19-20,25-26H,4,7-8,11-15H2,1-3H3,(H,24,29). The third-order valence-corrected chi connectivity index (χ3v) is 5.88. The third kappa shape index (κ3) is 5.95. The maximum atomic E-state index is 12.9. The normalized spacial score (nSPS) is 22.3. The lowest BCUT2D eigenvalue weighted by molar-refractivity contribution is -0.132. The molecule has 3 rings (SSSR count). The van der Waals surface area contributed by atoms with Crippen LogP contribution in [-0.4, -0.2) is 48.5 Å². The van der Waals surface area contributed by atoms with Crippen LogP contribution in [0.5, 0.6) is 5.75 Å². The summed E-state index contributed by atoms with van der Waals surface area (Å²) < 4.78 is 5.89. The second kappa shape index (κ2) is 10.8. The van der Waals surface area contributed by atoms with E-state index in [1.54, 1.807) is 0 Å². The number of hydrazine groups is 1. The van der Waals surface area contributed by atoms with Crippen LogP contribution < -0.4 is 20.9 Å². The van der Waals surface area contributed by atoms with Gasteiger partial charge in [-0.2, -0.15) is 0 Å². The van der Waals surface area contributed by atoms with Crippen molar-refractivity contribution in [3.63, 3.8) is 0 Å². The molecular weight excluding hydrogens is 380 g/mol. The number of likely N-dealkylation sites (tertiary alicyclic amines) is 1. The molecule has 30 heavy (non-hydrogen) atoms. The van der Waals surface area contributed by atoms with Crippen molar-refractivity contribution >= 4 is 11.8 Å². The number of amides is 2. The molecule has 3 unspecified atom stereocenters. The lowest BCUT2D eigenvalue weighted by Gasteiger charge is -2.23. The predicted molar refractivity (Wildman–Crippen MR) is 117 cm³/mol. The Morgan fingerprint density at radius 2 is 1.93 bits per heavy atom. The number of benzene rings is 1. The van der Waals surface area contributed by atoms with Gasteiger partial charge in [-0.3, -0.25) is 15.0 Å². The number of nitrogens with one attached hydrogen (secondary N) is 3. The van der Waals surface area contributed by atoms with E-state index >= 15 is 0 Å². The predicted octanol–water partition coefficient (Wildman–Crippen LogP) is 2.54. The number of para-hydroxylation sites is 1. The molecule has 0 aliphatic carbocycles. The maximum absolute atomic E-state index is 12.9. The van der Waals surface area contributed by atoms with Crippen LogP contribution in [-0.2, 0) is 9.59 Å². The largest absolute Gasteiger partial charge is 0.483 e. The first-order valence-electron chi connectivity index (χ1n) is 11.3. The first kappa shape index (κ1) is 22.6. The Morgan fingerprint density at radius 1 is 1.20 bits per heavy atom. The summed E-state index contributed by atoms with van der Waals surface area (Å²) in [5, 5.41) is 3.17. The molecule has 0 aromatic heterocycles. The van der Waals surface area contributed by atoms with Gasteiger partial charge in [0.25, 0.3) is 5.91 Å². The van der Waals surface area contributed by atoms with Gasteiger partial charge >= 0.3 is 0 Å². The van der Waals surface area contributed by atoms with Crippen molar-refractivity contribution in [2.24, 2.45) is 5.92 Å². The number of hydrogen-bond donors (Lipinski definition) is 3. The van der Waals surface area contributed by atoms with E-state index in [0.29, 0.717) is 17.7 Å². The number of hydrogen-bond acceptors (Lipinski definition) is 5. The summed E-state index contributed by atoms with van der Waals surface area (Å²) in [6.07, 6.45) is 4.68. The Labute approximate surface area is 179 Å². The van der Waals surface area contributed by atoms with Crippen LogP contribution in [0.4, 0.5) is 0 Å². The molecule has 0 bridgehead atoms. The van der Waals surface area contributed by atoms with Crippen molar-refractivity contribution in [2.45, 2.75) is 71.0 Å². The van der Waals surface area contributed by atoms with Gasteiger partial charge in [0, 0.05) is 24.7 Å². The Balaban J connectivity index is 1.59. The Kier molecular flexibility index (Phi) is 8.10. The average Bonchev–Trinajstić information content (AvgIpc) is 3.42. The van der Waals surface area contributed by atoms with Crippen LogP contribution in [0.2, 0.25) is 0 Å². The van der Waals surface area contributed by atoms with Gasteiger partial charge in [0.05, 0.1) is 6.04 Å². The van der Waals surface area contributed by atoms with Crippen LogP contribution in [0.25, 0.3) is 0 Å². The molecule has 3 N–H and O–H groups in total. The Hall–Kier alpha value is -2.12. The molecule has 2 aliphatic rings. The van der Waals surface area contributed by atoms with Gasteiger partial charge in [0.2, 0.25) is 5.91 Å². The molecule has 0 saturated carbocycles. The summed E-state index contributed by atoms with van der Waals surface area (Å²) in [6, 6.07) is 7.57. The molecule has 2 aliphatic heterocycles. The average molecular weight is 417 g/mol. The van der Waals surface area contributed by atoms with Gasteiger partial charge in [-0.25, -0.2) is 5.43 Å². The number of ether oxygens (including phenoxy) is 1. The number of nitrogens with zero attached hydrogens (tertiary/aromatic N) is 1. The zero-order valence-corrected chi connectivity index (χ0v) is 18.4. The molecular formula is C23H36N4O3. The molecule has 1 aromatic carbocycles. The minimum atomic E-state index is -0.243. The van der Waals surface area contributed by atoms with Crippen molar-refractivity contribution in [1.29, 1.82) is 0 Å². The van der Waals surface area contributed by atoms with Crippen molar-refractivity contribution in [3.05, 3.63) is 29.8 Å². The van der Waals surface area contributed by atoms with Crippen molar-refractivity contribution < 1.29 is 14.3 Å². The lowest BCUT2D eigenvalue weighted by atomic mass is 9.99. The minimum absolute atomic E-state index is 0.0106. The topological polar surface area (TPSA) is 82.7 Å². The fraction of sp³-hybridized carbons (Fsp3) is 0.652. The summed E-state index contributed by atoms with van der Waals surface area (Å²) in [4.78, 5) is 27.1. The number of carbonyl (C=O) groups excluding carboxylic acids is 2. The highest BCUT2D eigenvalue weighted by Gasteiger charge is 2.31. The molecule has 7 heteroatoms. The molecule has 7 nitrogen and oxygen atoms in total. The number of carbonyl (C=O) groups is 2. The zero-order valence-electron chi connectivity index (χ0n) is 18.4. The fourth-order valence-electron chi connectivity index (χ4n) is 4.29. The van der Waals surface area contributed by atoms with E-state index in [1.807, 2.05) is 36.1 Å². The van der Waals surface area contributed by atoms with Crippen molar-refractivity contribution in [2.75, 3.05) is 19.7 Å². The molecule has 0 spiro atoms. The highest BCUT2D eigenvalue weighted by atomic mass is 16.5. The Morgan fingerprint density at radius 3 is 2.63 bits per heavy atom. The molecule has 2 fully saturated rings. The lowest BCUT2D eigenvalue weighted by Crippen LogP contribution is -2.44. The van der Waals surface area contributed by atoms with Gasteiger partial charge in [-0.05, 0) is 44.1 Å². The highest BCUT2D eigenvalue weighted by molar-refractivity contribution is 5.82. The third-order valence-electron chi connectivity index (χ3n) is 5.88. The summed E-state index contributed by atoms with van der Waals surface area (Å²) in [6.45, 7) is 8.09. The molecule has 166 valence electrons. The van der Waals surface area contributed by atoms with Gasteiger partial charge in [0.15, 0.2) is 6.61 Å². The smallest absolute Gasteiger partial charge is 0.260 e. The van der Waals surface area contributed by atoms with E-state index < -0.39 is 0 Å². The monoisotopic (exact) mass is 416 g/mol. The zero-order chi connectivity index (χ0) is 21.5. The van der Waals surface area contributed by atoms with E-state index in [2.05, 4.69) is 30.0 Å². The highest BCUT2D eigenvalue weighted by Crippen LogP contribution is 2.28. The van der Waals surface area contributed by atoms with Crippen molar-refractivity contribution in [3.8, 4) is 5.75 Å². The van der Waals surface area contributed by atoms with Crippen LogP contribution in [0, 0.1) is 5.92 Å². The second-order valence-electron chi connectivity index (χ2n) is 8.79. The molecule has 2 amide bonds. The van der Waals surface area contributed by atoms with Crippen LogP contribution in [0.1, 0.15) is 64.5 Å².